The molecule has 4 aliphatic carbocycles. The summed E-state index contributed by atoms with van der Waals surface area (Å²) in [6.45, 7) is 11.6. The highest BCUT2D eigenvalue weighted by Gasteiger charge is 2.71. The number of esters is 1. The van der Waals surface area contributed by atoms with Crippen LogP contribution in [-0.4, -0.2) is 36.4 Å². The summed E-state index contributed by atoms with van der Waals surface area (Å²) >= 11 is 0. The minimum atomic E-state index is -0.467. The van der Waals surface area contributed by atoms with Crippen molar-refractivity contribution < 1.29 is 23.8 Å². The van der Waals surface area contributed by atoms with Gasteiger partial charge in [-0.3, -0.25) is 9.59 Å². The number of ketones is 1. The second kappa shape index (κ2) is 7.78. The maximum atomic E-state index is 14.1. The van der Waals surface area contributed by atoms with Crippen molar-refractivity contribution in [2.75, 3.05) is 6.61 Å². The molecule has 0 aromatic rings. The van der Waals surface area contributed by atoms with Gasteiger partial charge in [0, 0.05) is 37.0 Å². The lowest BCUT2D eigenvalue weighted by Gasteiger charge is -2.60. The lowest BCUT2D eigenvalue weighted by Crippen LogP contribution is -2.58. The van der Waals surface area contributed by atoms with Crippen molar-refractivity contribution in [3.05, 3.63) is 0 Å². The number of hydrogen-bond acceptors (Lipinski definition) is 5. The van der Waals surface area contributed by atoms with E-state index in [0.717, 1.165) is 51.6 Å². The molecule has 2 saturated heterocycles. The zero-order valence-electron chi connectivity index (χ0n) is 21.8. The number of Topliss-reactive ketones (excluding diaryl/α,β-unsaturated/α-hetero) is 1. The molecule has 0 radical (unpaired) electrons. The Balaban J connectivity index is 1.25. The van der Waals surface area contributed by atoms with Crippen LogP contribution in [0.25, 0.3) is 0 Å². The molecule has 0 unspecified atom stereocenters. The van der Waals surface area contributed by atoms with Gasteiger partial charge in [-0.05, 0) is 80.0 Å². The van der Waals surface area contributed by atoms with E-state index in [1.54, 1.807) is 0 Å². The topological polar surface area (TPSA) is 61.8 Å². The molecule has 6 fully saturated rings. The molecule has 6 rings (SSSR count). The van der Waals surface area contributed by atoms with Crippen LogP contribution in [0.4, 0.5) is 0 Å². The number of carbonyl (C=O) groups is 2. The zero-order valence-corrected chi connectivity index (χ0v) is 21.8. The fourth-order valence-electron chi connectivity index (χ4n) is 10.3. The normalized spacial score (nSPS) is 56.4. The summed E-state index contributed by atoms with van der Waals surface area (Å²) < 4.78 is 18.8. The van der Waals surface area contributed by atoms with E-state index in [4.69, 9.17) is 14.2 Å². The van der Waals surface area contributed by atoms with Gasteiger partial charge >= 0.3 is 5.97 Å². The van der Waals surface area contributed by atoms with Gasteiger partial charge in [0.05, 0.1) is 12.7 Å². The summed E-state index contributed by atoms with van der Waals surface area (Å²) in [5, 5.41) is 0. The molecule has 0 N–H and O–H groups in total. The monoisotopic (exact) mass is 472 g/mol. The fourth-order valence-corrected chi connectivity index (χ4v) is 10.3. The molecule has 0 bridgehead atoms. The molecule has 0 aromatic heterocycles. The minimum absolute atomic E-state index is 0.0613. The molecule has 6 aliphatic rings. The van der Waals surface area contributed by atoms with Crippen LogP contribution in [0.1, 0.15) is 92.4 Å². The van der Waals surface area contributed by atoms with E-state index >= 15 is 0 Å². The summed E-state index contributed by atoms with van der Waals surface area (Å²) in [7, 11) is 0. The van der Waals surface area contributed by atoms with E-state index < -0.39 is 5.79 Å². The molecule has 5 nitrogen and oxygen atoms in total. The van der Waals surface area contributed by atoms with Gasteiger partial charge < -0.3 is 14.2 Å². The molecule has 0 aromatic carbocycles. The second-order valence-corrected chi connectivity index (χ2v) is 13.5. The van der Waals surface area contributed by atoms with Gasteiger partial charge in [0.1, 0.15) is 11.9 Å². The molecule has 5 heteroatoms. The van der Waals surface area contributed by atoms with Crippen molar-refractivity contribution in [1.29, 1.82) is 0 Å². The van der Waals surface area contributed by atoms with Crippen LogP contribution in [0.3, 0.4) is 0 Å². The molecule has 2 aliphatic heterocycles. The van der Waals surface area contributed by atoms with E-state index in [9.17, 15) is 9.59 Å². The van der Waals surface area contributed by atoms with Crippen molar-refractivity contribution in [2.45, 2.75) is 110 Å². The molecule has 4 saturated carbocycles. The third-order valence-electron chi connectivity index (χ3n) is 12.1. The predicted molar refractivity (Wildman–Crippen MR) is 128 cm³/mol. The Hall–Kier alpha value is -0.940. The van der Waals surface area contributed by atoms with Gasteiger partial charge in [-0.2, -0.15) is 0 Å². The third-order valence-corrected chi connectivity index (χ3v) is 12.1. The first-order chi connectivity index (χ1) is 16.1. The first kappa shape index (κ1) is 23.5. The van der Waals surface area contributed by atoms with E-state index in [1.807, 2.05) is 0 Å². The van der Waals surface area contributed by atoms with Crippen LogP contribution in [-0.2, 0) is 23.8 Å². The quantitative estimate of drug-likeness (QED) is 0.469. The average Bonchev–Trinajstić information content (AvgIpc) is 3.23. The Kier molecular flexibility index (Phi) is 5.37. The molecule has 1 spiro atoms. The van der Waals surface area contributed by atoms with Crippen LogP contribution in [0.5, 0.6) is 0 Å². The number of carbonyl (C=O) groups excluding carboxylic acids is 2. The van der Waals surface area contributed by atoms with E-state index in [1.165, 1.54) is 19.8 Å². The Morgan fingerprint density at radius 3 is 2.53 bits per heavy atom. The average molecular weight is 473 g/mol. The molecular weight excluding hydrogens is 428 g/mol. The Bertz CT molecular complexity index is 861. The Morgan fingerprint density at radius 2 is 1.82 bits per heavy atom. The minimum Gasteiger partial charge on any atom is -0.463 e. The van der Waals surface area contributed by atoms with Gasteiger partial charge in [-0.25, -0.2) is 0 Å². The smallest absolute Gasteiger partial charge is 0.302 e. The van der Waals surface area contributed by atoms with Gasteiger partial charge in [-0.15, -0.1) is 0 Å². The van der Waals surface area contributed by atoms with Crippen LogP contribution in [0.15, 0.2) is 0 Å². The number of hydrogen-bond donors (Lipinski definition) is 0. The van der Waals surface area contributed by atoms with Crippen molar-refractivity contribution in [2.24, 2.45) is 52.3 Å². The summed E-state index contributed by atoms with van der Waals surface area (Å²) in [6, 6.07) is 0. The molecule has 0 amide bonds. The summed E-state index contributed by atoms with van der Waals surface area (Å²) in [4.78, 5) is 25.7. The van der Waals surface area contributed by atoms with Gasteiger partial charge in [0.2, 0.25) is 0 Å². The summed E-state index contributed by atoms with van der Waals surface area (Å²) in [6.07, 6.45) is 9.47. The lowest BCUT2D eigenvalue weighted by atomic mass is 9.44. The van der Waals surface area contributed by atoms with Crippen molar-refractivity contribution >= 4 is 11.8 Å². The fraction of sp³-hybridized carbons (Fsp3) is 0.931. The highest BCUT2D eigenvalue weighted by molar-refractivity contribution is 5.87. The summed E-state index contributed by atoms with van der Waals surface area (Å²) in [5.41, 5.74) is -0.0934. The zero-order chi connectivity index (χ0) is 24.0. The van der Waals surface area contributed by atoms with Crippen molar-refractivity contribution in [3.8, 4) is 0 Å². The lowest BCUT2D eigenvalue weighted by molar-refractivity contribution is -0.272. The molecule has 190 valence electrons. The third kappa shape index (κ3) is 3.11. The van der Waals surface area contributed by atoms with Crippen molar-refractivity contribution in [3.63, 3.8) is 0 Å². The van der Waals surface area contributed by atoms with Gasteiger partial charge in [0.15, 0.2) is 5.79 Å². The van der Waals surface area contributed by atoms with E-state index in [0.29, 0.717) is 35.4 Å². The van der Waals surface area contributed by atoms with E-state index in [2.05, 4.69) is 27.7 Å². The number of rotatable bonds is 1. The van der Waals surface area contributed by atoms with Crippen LogP contribution in [0, 0.1) is 52.3 Å². The first-order valence-corrected chi connectivity index (χ1v) is 14.1. The Labute approximate surface area is 205 Å². The van der Waals surface area contributed by atoms with Crippen molar-refractivity contribution in [1.82, 2.24) is 0 Å². The standard InChI is InChI=1S/C29H44O5/c1-16-8-11-29(32-15-16)17(2)26-24(34-29)13-23-21-7-6-19-12-20(33-18(3)30)9-10-27(19,4)22(21)14-25(31)28(23,26)5/h16-17,19-24,26H,6-15H2,1-5H3/t16-,17+,19+,20-,21-,22-,23+,24+,26+,27+,28-,29-/m1/s1. The van der Waals surface area contributed by atoms with Gasteiger partial charge in [-0.1, -0.05) is 27.7 Å². The Morgan fingerprint density at radius 1 is 1.03 bits per heavy atom. The highest BCUT2D eigenvalue weighted by atomic mass is 16.7. The maximum Gasteiger partial charge on any atom is 0.302 e. The summed E-state index contributed by atoms with van der Waals surface area (Å²) in [5.74, 6) is 3.07. The predicted octanol–water partition coefficient (Wildman–Crippen LogP) is 5.54. The first-order valence-electron chi connectivity index (χ1n) is 14.1. The number of ether oxygens (including phenoxy) is 3. The van der Waals surface area contributed by atoms with Crippen LogP contribution < -0.4 is 0 Å². The van der Waals surface area contributed by atoms with Crippen LogP contribution in [0.2, 0.25) is 0 Å². The molecule has 34 heavy (non-hydrogen) atoms. The molecule has 12 atom stereocenters. The van der Waals surface area contributed by atoms with E-state index in [-0.39, 0.29) is 40.8 Å². The highest BCUT2D eigenvalue weighted by Crippen LogP contribution is 2.70. The molecule has 2 heterocycles. The van der Waals surface area contributed by atoms with Crippen LogP contribution >= 0.6 is 0 Å². The largest absolute Gasteiger partial charge is 0.463 e. The number of fused-ring (bicyclic) bond motifs is 7. The SMILES string of the molecule is CC(=O)O[C@@H]1CC[C@@]2(C)[C@@H](CC[C@@H]3[C@H]2CC(=O)[C@]2(C)[C@@H]4[C@H](C[C@@H]32)O[C@]2(CC[C@@H](C)CO2)[C@H]4C)C1. The second-order valence-electron chi connectivity index (χ2n) is 13.5. The molecular formula is C29H44O5. The van der Waals surface area contributed by atoms with Gasteiger partial charge in [0.25, 0.3) is 0 Å². The maximum absolute atomic E-state index is 14.1.